The van der Waals surface area contributed by atoms with Gasteiger partial charge < -0.3 is 19.7 Å². The zero-order chi connectivity index (χ0) is 18.6. The van der Waals surface area contributed by atoms with E-state index < -0.39 is 0 Å². The van der Waals surface area contributed by atoms with Crippen molar-refractivity contribution >= 4 is 17.5 Å². The van der Waals surface area contributed by atoms with Gasteiger partial charge in [0.1, 0.15) is 5.75 Å². The second-order valence-electron chi connectivity index (χ2n) is 7.99. The van der Waals surface area contributed by atoms with Crippen LogP contribution in [0, 0.1) is 17.8 Å². The molecule has 3 unspecified atom stereocenters. The highest BCUT2D eigenvalue weighted by Crippen LogP contribution is 2.49. The topological polar surface area (TPSA) is 67.9 Å². The molecule has 2 bridgehead atoms. The highest BCUT2D eigenvalue weighted by molar-refractivity contribution is 5.91. The Kier molecular flexibility index (Phi) is 5.62. The molecular weight excluding hydrogens is 344 g/mol. The van der Waals surface area contributed by atoms with Crippen molar-refractivity contribution in [3.63, 3.8) is 0 Å². The zero-order valence-electron chi connectivity index (χ0n) is 15.7. The van der Waals surface area contributed by atoms with Crippen LogP contribution in [0.2, 0.25) is 0 Å². The van der Waals surface area contributed by atoms with Gasteiger partial charge in [-0.05, 0) is 61.3 Å². The van der Waals surface area contributed by atoms with E-state index in [0.29, 0.717) is 44.4 Å². The minimum atomic E-state index is -0.0264. The molecule has 2 saturated carbocycles. The van der Waals surface area contributed by atoms with Gasteiger partial charge in [-0.1, -0.05) is 6.42 Å². The standard InChI is InChI=1S/C21H28N2O4/c24-20(13-17-12-15-1-2-16(17)11-15)22-18-3-5-19(6-4-18)27-14-21(25)23-7-9-26-10-8-23/h3-6,15-17H,1-2,7-14H2,(H,22,24). The minimum absolute atomic E-state index is 0.0238. The van der Waals surface area contributed by atoms with Crippen molar-refractivity contribution in [2.75, 3.05) is 38.2 Å². The maximum atomic E-state index is 12.3. The second-order valence-corrected chi connectivity index (χ2v) is 7.99. The summed E-state index contributed by atoms with van der Waals surface area (Å²) < 4.78 is 10.8. The molecule has 1 saturated heterocycles. The Hall–Kier alpha value is -2.08. The fraction of sp³-hybridized carbons (Fsp3) is 0.619. The number of ether oxygens (including phenoxy) is 2. The summed E-state index contributed by atoms with van der Waals surface area (Å²) >= 11 is 0. The lowest BCUT2D eigenvalue weighted by Crippen LogP contribution is -2.42. The summed E-state index contributed by atoms with van der Waals surface area (Å²) in [7, 11) is 0. The normalized spacial score (nSPS) is 26.8. The average Bonchev–Trinajstić information content (AvgIpc) is 3.31. The van der Waals surface area contributed by atoms with Crippen molar-refractivity contribution in [1.29, 1.82) is 0 Å². The smallest absolute Gasteiger partial charge is 0.260 e. The van der Waals surface area contributed by atoms with Gasteiger partial charge in [-0.15, -0.1) is 0 Å². The number of benzene rings is 1. The Morgan fingerprint density at radius 1 is 1.11 bits per heavy atom. The lowest BCUT2D eigenvalue weighted by atomic mass is 9.86. The Morgan fingerprint density at radius 3 is 2.56 bits per heavy atom. The van der Waals surface area contributed by atoms with Crippen molar-refractivity contribution in [1.82, 2.24) is 4.90 Å². The number of morpholine rings is 1. The van der Waals surface area contributed by atoms with Gasteiger partial charge in [0, 0.05) is 25.2 Å². The average molecular weight is 372 g/mol. The SMILES string of the molecule is O=C(CC1CC2CCC1C2)Nc1ccc(OCC(=O)N2CCOCC2)cc1. The van der Waals surface area contributed by atoms with Crippen LogP contribution in [0.15, 0.2) is 24.3 Å². The molecule has 3 atom stereocenters. The van der Waals surface area contributed by atoms with E-state index >= 15 is 0 Å². The third-order valence-electron chi connectivity index (χ3n) is 6.20. The summed E-state index contributed by atoms with van der Waals surface area (Å²) in [6, 6.07) is 7.24. The van der Waals surface area contributed by atoms with E-state index in [9.17, 15) is 9.59 Å². The summed E-state index contributed by atoms with van der Waals surface area (Å²) in [5.41, 5.74) is 0.773. The summed E-state index contributed by atoms with van der Waals surface area (Å²) in [5.74, 6) is 2.90. The van der Waals surface area contributed by atoms with Crippen molar-refractivity contribution in [3.8, 4) is 5.75 Å². The Balaban J connectivity index is 1.21. The van der Waals surface area contributed by atoms with E-state index in [1.807, 2.05) is 12.1 Å². The van der Waals surface area contributed by atoms with E-state index in [0.717, 1.165) is 17.5 Å². The van der Waals surface area contributed by atoms with Gasteiger partial charge in [-0.2, -0.15) is 0 Å². The van der Waals surface area contributed by atoms with Crippen LogP contribution in [0.25, 0.3) is 0 Å². The number of carbonyl (C=O) groups excluding carboxylic acids is 2. The lowest BCUT2D eigenvalue weighted by Gasteiger charge is -2.26. The molecule has 1 N–H and O–H groups in total. The highest BCUT2D eigenvalue weighted by Gasteiger charge is 2.40. The van der Waals surface area contributed by atoms with Crippen molar-refractivity contribution < 1.29 is 19.1 Å². The van der Waals surface area contributed by atoms with Gasteiger partial charge in [0.15, 0.2) is 6.61 Å². The molecule has 0 spiro atoms. The molecule has 1 aromatic carbocycles. The predicted octanol–water partition coefficient (Wildman–Crippen LogP) is 2.69. The Bertz CT molecular complexity index is 669. The first-order valence-corrected chi connectivity index (χ1v) is 10.1. The van der Waals surface area contributed by atoms with Gasteiger partial charge in [0.25, 0.3) is 5.91 Å². The molecule has 6 heteroatoms. The summed E-state index contributed by atoms with van der Waals surface area (Å²) in [6.45, 7) is 2.44. The Morgan fingerprint density at radius 2 is 1.89 bits per heavy atom. The number of hydrogen-bond donors (Lipinski definition) is 1. The van der Waals surface area contributed by atoms with Crippen LogP contribution >= 0.6 is 0 Å². The first kappa shape index (κ1) is 18.3. The number of fused-ring (bicyclic) bond motifs is 2. The van der Waals surface area contributed by atoms with E-state index in [4.69, 9.17) is 9.47 Å². The van der Waals surface area contributed by atoms with Crippen LogP contribution in [0.4, 0.5) is 5.69 Å². The predicted molar refractivity (Wildman–Crippen MR) is 102 cm³/mol. The van der Waals surface area contributed by atoms with Gasteiger partial charge in [-0.25, -0.2) is 0 Å². The quantitative estimate of drug-likeness (QED) is 0.834. The van der Waals surface area contributed by atoms with E-state index in [2.05, 4.69) is 5.32 Å². The van der Waals surface area contributed by atoms with Crippen LogP contribution in [0.3, 0.4) is 0 Å². The molecule has 0 aromatic heterocycles. The molecule has 0 radical (unpaired) electrons. The summed E-state index contributed by atoms with van der Waals surface area (Å²) in [5, 5.41) is 2.99. The fourth-order valence-electron chi connectivity index (χ4n) is 4.76. The van der Waals surface area contributed by atoms with Crippen molar-refractivity contribution in [2.45, 2.75) is 32.1 Å². The highest BCUT2D eigenvalue weighted by atomic mass is 16.5. The number of amides is 2. The first-order valence-electron chi connectivity index (χ1n) is 10.1. The van der Waals surface area contributed by atoms with Gasteiger partial charge in [0.05, 0.1) is 13.2 Å². The minimum Gasteiger partial charge on any atom is -0.484 e. The largest absolute Gasteiger partial charge is 0.484 e. The monoisotopic (exact) mass is 372 g/mol. The summed E-state index contributed by atoms with van der Waals surface area (Å²) in [4.78, 5) is 26.2. The molecular formula is C21H28N2O4. The Labute approximate surface area is 160 Å². The van der Waals surface area contributed by atoms with Crippen LogP contribution < -0.4 is 10.1 Å². The van der Waals surface area contributed by atoms with Crippen LogP contribution in [0.1, 0.15) is 32.1 Å². The first-order chi connectivity index (χ1) is 13.2. The number of nitrogens with zero attached hydrogens (tertiary/aromatic N) is 1. The number of rotatable bonds is 6. The molecule has 6 nitrogen and oxygen atoms in total. The molecule has 2 amide bonds. The molecule has 2 aliphatic carbocycles. The van der Waals surface area contributed by atoms with Gasteiger partial charge >= 0.3 is 0 Å². The molecule has 1 heterocycles. The number of carbonyl (C=O) groups is 2. The maximum absolute atomic E-state index is 12.3. The van der Waals surface area contributed by atoms with Crippen molar-refractivity contribution in [3.05, 3.63) is 24.3 Å². The molecule has 3 aliphatic rings. The van der Waals surface area contributed by atoms with Gasteiger partial charge in [-0.3, -0.25) is 9.59 Å². The third kappa shape index (κ3) is 4.61. The molecule has 1 aromatic rings. The second kappa shape index (κ2) is 8.30. The summed E-state index contributed by atoms with van der Waals surface area (Å²) in [6.07, 6.45) is 5.85. The van der Waals surface area contributed by atoms with Crippen molar-refractivity contribution in [2.24, 2.45) is 17.8 Å². The molecule has 4 rings (SSSR count). The van der Waals surface area contributed by atoms with E-state index in [-0.39, 0.29) is 18.4 Å². The fourth-order valence-corrected chi connectivity index (χ4v) is 4.76. The maximum Gasteiger partial charge on any atom is 0.260 e. The van der Waals surface area contributed by atoms with Gasteiger partial charge in [0.2, 0.25) is 5.91 Å². The van der Waals surface area contributed by atoms with E-state index in [1.165, 1.54) is 25.7 Å². The number of hydrogen-bond acceptors (Lipinski definition) is 4. The molecule has 1 aliphatic heterocycles. The van der Waals surface area contributed by atoms with Crippen LogP contribution in [-0.4, -0.2) is 49.6 Å². The van der Waals surface area contributed by atoms with Crippen LogP contribution in [-0.2, 0) is 14.3 Å². The third-order valence-corrected chi connectivity index (χ3v) is 6.20. The molecule has 27 heavy (non-hydrogen) atoms. The zero-order valence-corrected chi connectivity index (χ0v) is 15.7. The van der Waals surface area contributed by atoms with Crippen LogP contribution in [0.5, 0.6) is 5.75 Å². The lowest BCUT2D eigenvalue weighted by molar-refractivity contribution is -0.137. The molecule has 146 valence electrons. The molecule has 3 fully saturated rings. The number of anilines is 1. The van der Waals surface area contributed by atoms with E-state index in [1.54, 1.807) is 17.0 Å². The number of nitrogens with one attached hydrogen (secondary N) is 1.